The molecule has 5 heteroatoms. The van der Waals surface area contributed by atoms with Crippen LogP contribution in [0.3, 0.4) is 0 Å². The molecule has 1 N–H and O–H groups in total. The summed E-state index contributed by atoms with van der Waals surface area (Å²) in [6.07, 6.45) is 4.30. The van der Waals surface area contributed by atoms with E-state index < -0.39 is 0 Å². The Hall–Kier alpha value is -0.840. The Morgan fingerprint density at radius 1 is 1.50 bits per heavy atom. The van der Waals surface area contributed by atoms with Crippen molar-refractivity contribution in [2.24, 2.45) is 0 Å². The van der Waals surface area contributed by atoms with Gasteiger partial charge in [-0.3, -0.25) is 0 Å². The molecule has 0 amide bonds. The van der Waals surface area contributed by atoms with Crippen molar-refractivity contribution in [3.63, 3.8) is 0 Å². The van der Waals surface area contributed by atoms with E-state index in [1.807, 2.05) is 12.1 Å². The molecule has 0 bridgehead atoms. The van der Waals surface area contributed by atoms with Gasteiger partial charge in [-0.1, -0.05) is 11.6 Å². The number of halogens is 1. The van der Waals surface area contributed by atoms with Gasteiger partial charge in [-0.25, -0.2) is 4.98 Å². The molecule has 2 heterocycles. The Labute approximate surface area is 102 Å². The third-order valence-electron chi connectivity index (χ3n) is 2.49. The average molecular weight is 255 g/mol. The maximum atomic E-state index is 5.87. The fourth-order valence-corrected chi connectivity index (χ4v) is 2.46. The smallest absolute Gasteiger partial charge is 0.208 e. The summed E-state index contributed by atoms with van der Waals surface area (Å²) in [5.74, 6) is 1.54. The lowest BCUT2D eigenvalue weighted by molar-refractivity contribution is 0.477. The van der Waals surface area contributed by atoms with Crippen molar-refractivity contribution in [3.05, 3.63) is 28.6 Å². The van der Waals surface area contributed by atoms with E-state index in [0.717, 1.165) is 20.9 Å². The number of rotatable bonds is 4. The first-order valence-corrected chi connectivity index (χ1v) is 6.44. The fourth-order valence-electron chi connectivity index (χ4n) is 1.47. The Kier molecular flexibility index (Phi) is 2.71. The van der Waals surface area contributed by atoms with Gasteiger partial charge in [-0.2, -0.15) is 0 Å². The molecular formula is C11H11ClN2OS. The minimum Gasteiger partial charge on any atom is -0.438 e. The maximum absolute atomic E-state index is 5.87. The van der Waals surface area contributed by atoms with Crippen LogP contribution in [0, 0.1) is 0 Å². The molecule has 0 radical (unpaired) electrons. The molecule has 1 saturated carbocycles. The van der Waals surface area contributed by atoms with Gasteiger partial charge in [0.25, 0.3) is 0 Å². The van der Waals surface area contributed by atoms with E-state index in [2.05, 4.69) is 10.3 Å². The monoisotopic (exact) mass is 254 g/mol. The largest absolute Gasteiger partial charge is 0.438 e. The second kappa shape index (κ2) is 4.20. The molecule has 0 saturated heterocycles. The van der Waals surface area contributed by atoms with E-state index in [1.165, 1.54) is 24.2 Å². The Morgan fingerprint density at radius 2 is 2.38 bits per heavy atom. The lowest BCUT2D eigenvalue weighted by Gasteiger charge is -1.96. The van der Waals surface area contributed by atoms with Crippen LogP contribution in [0.2, 0.25) is 4.34 Å². The topological polar surface area (TPSA) is 38.1 Å². The summed E-state index contributed by atoms with van der Waals surface area (Å²) in [6, 6.07) is 4.49. The molecule has 0 unspecified atom stereocenters. The highest BCUT2D eigenvalue weighted by atomic mass is 35.5. The molecular weight excluding hydrogens is 244 g/mol. The maximum Gasteiger partial charge on any atom is 0.208 e. The van der Waals surface area contributed by atoms with E-state index >= 15 is 0 Å². The van der Waals surface area contributed by atoms with Crippen molar-refractivity contribution in [3.8, 4) is 10.6 Å². The molecule has 2 aromatic heterocycles. The second-order valence-electron chi connectivity index (χ2n) is 3.88. The number of aromatic nitrogens is 1. The standard InChI is InChI=1S/C11H11ClN2OS/c12-10-4-3-9(16-10)8-5-14-11(15-8)6-13-7-1-2-7/h3-5,7,13H,1-2,6H2. The van der Waals surface area contributed by atoms with Gasteiger partial charge >= 0.3 is 0 Å². The summed E-state index contributed by atoms with van der Waals surface area (Å²) in [4.78, 5) is 5.26. The van der Waals surface area contributed by atoms with Crippen molar-refractivity contribution in [1.29, 1.82) is 0 Å². The summed E-state index contributed by atoms with van der Waals surface area (Å²) < 4.78 is 6.41. The SMILES string of the molecule is Clc1ccc(-c2cnc(CNC3CC3)o2)s1. The van der Waals surface area contributed by atoms with Gasteiger partial charge in [0.1, 0.15) is 0 Å². The number of hydrogen-bond acceptors (Lipinski definition) is 4. The van der Waals surface area contributed by atoms with Crippen LogP contribution in [0.25, 0.3) is 10.6 Å². The lowest BCUT2D eigenvalue weighted by Crippen LogP contribution is -2.15. The Bertz CT molecular complexity index is 490. The third-order valence-corrected chi connectivity index (χ3v) is 3.73. The number of nitrogens with one attached hydrogen (secondary N) is 1. The molecule has 0 atom stereocenters. The zero-order chi connectivity index (χ0) is 11.0. The minimum atomic E-state index is 0.673. The van der Waals surface area contributed by atoms with E-state index in [9.17, 15) is 0 Å². The summed E-state index contributed by atoms with van der Waals surface area (Å²) in [5.41, 5.74) is 0. The van der Waals surface area contributed by atoms with Crippen molar-refractivity contribution in [2.45, 2.75) is 25.4 Å². The number of thiophene rings is 1. The highest BCUT2D eigenvalue weighted by molar-refractivity contribution is 7.19. The molecule has 1 aliphatic carbocycles. The molecule has 1 fully saturated rings. The molecule has 0 aromatic carbocycles. The average Bonchev–Trinajstić information content (AvgIpc) is 2.81. The second-order valence-corrected chi connectivity index (χ2v) is 5.59. The van der Waals surface area contributed by atoms with Crippen LogP contribution >= 0.6 is 22.9 Å². The first-order chi connectivity index (χ1) is 7.81. The summed E-state index contributed by atoms with van der Waals surface area (Å²) in [7, 11) is 0. The van der Waals surface area contributed by atoms with Gasteiger partial charge in [0.2, 0.25) is 5.89 Å². The molecule has 16 heavy (non-hydrogen) atoms. The Morgan fingerprint density at radius 3 is 3.06 bits per heavy atom. The van der Waals surface area contributed by atoms with Gasteiger partial charge in [-0.05, 0) is 25.0 Å². The van der Waals surface area contributed by atoms with E-state index in [-0.39, 0.29) is 0 Å². The summed E-state index contributed by atoms with van der Waals surface area (Å²) in [5, 5.41) is 3.36. The van der Waals surface area contributed by atoms with Gasteiger partial charge in [0.05, 0.1) is 22.0 Å². The Balaban J connectivity index is 1.71. The highest BCUT2D eigenvalue weighted by Gasteiger charge is 2.21. The van der Waals surface area contributed by atoms with E-state index in [0.29, 0.717) is 12.6 Å². The molecule has 0 aliphatic heterocycles. The normalized spacial score (nSPS) is 15.6. The summed E-state index contributed by atoms with van der Waals surface area (Å²) >= 11 is 7.37. The van der Waals surface area contributed by atoms with E-state index in [4.69, 9.17) is 16.0 Å². The van der Waals surface area contributed by atoms with Crippen molar-refractivity contribution in [2.75, 3.05) is 0 Å². The molecule has 3 rings (SSSR count). The van der Waals surface area contributed by atoms with Crippen LogP contribution in [0.15, 0.2) is 22.7 Å². The summed E-state index contributed by atoms with van der Waals surface area (Å²) in [6.45, 7) is 0.712. The van der Waals surface area contributed by atoms with Crippen LogP contribution in [-0.2, 0) is 6.54 Å². The van der Waals surface area contributed by atoms with Gasteiger partial charge in [-0.15, -0.1) is 11.3 Å². The van der Waals surface area contributed by atoms with Crippen molar-refractivity contribution in [1.82, 2.24) is 10.3 Å². The van der Waals surface area contributed by atoms with Crippen molar-refractivity contribution >= 4 is 22.9 Å². The van der Waals surface area contributed by atoms with Gasteiger partial charge in [0.15, 0.2) is 5.76 Å². The van der Waals surface area contributed by atoms with Crippen LogP contribution in [0.4, 0.5) is 0 Å². The fraction of sp³-hybridized carbons (Fsp3) is 0.364. The van der Waals surface area contributed by atoms with Crippen molar-refractivity contribution < 1.29 is 4.42 Å². The van der Waals surface area contributed by atoms with Crippen LogP contribution < -0.4 is 5.32 Å². The van der Waals surface area contributed by atoms with Gasteiger partial charge < -0.3 is 9.73 Å². The molecule has 1 aliphatic rings. The number of hydrogen-bond donors (Lipinski definition) is 1. The molecule has 2 aromatic rings. The quantitative estimate of drug-likeness (QED) is 0.910. The van der Waals surface area contributed by atoms with Crippen LogP contribution in [0.1, 0.15) is 18.7 Å². The first-order valence-electron chi connectivity index (χ1n) is 5.25. The minimum absolute atomic E-state index is 0.673. The van der Waals surface area contributed by atoms with Gasteiger partial charge in [0, 0.05) is 6.04 Å². The molecule has 3 nitrogen and oxygen atoms in total. The molecule has 84 valence electrons. The predicted molar refractivity (Wildman–Crippen MR) is 64.7 cm³/mol. The highest BCUT2D eigenvalue weighted by Crippen LogP contribution is 2.31. The first kappa shape index (κ1) is 10.3. The zero-order valence-corrected chi connectivity index (χ0v) is 10.1. The van der Waals surface area contributed by atoms with E-state index in [1.54, 1.807) is 6.20 Å². The van der Waals surface area contributed by atoms with Crippen LogP contribution in [0.5, 0.6) is 0 Å². The zero-order valence-electron chi connectivity index (χ0n) is 8.57. The number of nitrogens with zero attached hydrogens (tertiary/aromatic N) is 1. The predicted octanol–water partition coefficient (Wildman–Crippen LogP) is 3.31. The number of oxazole rings is 1. The third kappa shape index (κ3) is 2.29. The van der Waals surface area contributed by atoms with Crippen LogP contribution in [-0.4, -0.2) is 11.0 Å². The lowest BCUT2D eigenvalue weighted by atomic mass is 10.4. The molecule has 0 spiro atoms.